The second-order valence-electron chi connectivity index (χ2n) is 12.4. The first kappa shape index (κ1) is 29.9. The van der Waals surface area contributed by atoms with Gasteiger partial charge in [-0.15, -0.1) is 0 Å². The van der Waals surface area contributed by atoms with Gasteiger partial charge in [-0.05, 0) is 67.3 Å². The summed E-state index contributed by atoms with van der Waals surface area (Å²) < 4.78 is 30.7. The summed E-state index contributed by atoms with van der Waals surface area (Å²) in [5, 5.41) is 16.4. The molecule has 0 unspecified atom stereocenters. The van der Waals surface area contributed by atoms with E-state index in [1.807, 2.05) is 27.7 Å². The highest BCUT2D eigenvalue weighted by Crippen LogP contribution is 2.57. The maximum atomic E-state index is 15.8. The van der Waals surface area contributed by atoms with Crippen molar-refractivity contribution in [3.63, 3.8) is 0 Å². The first-order valence-electron chi connectivity index (χ1n) is 13.4. The molecule has 0 bridgehead atoms. The topological polar surface area (TPSA) is 78.4 Å². The highest BCUT2D eigenvalue weighted by atomic mass is 35.5. The molecule has 2 aromatic carbocycles. The van der Waals surface area contributed by atoms with Gasteiger partial charge in [0.2, 0.25) is 5.91 Å². The van der Waals surface area contributed by atoms with E-state index in [0.29, 0.717) is 36.9 Å². The van der Waals surface area contributed by atoms with Crippen LogP contribution in [0.25, 0.3) is 0 Å². The molecule has 0 saturated carbocycles. The van der Waals surface area contributed by atoms with E-state index in [9.17, 15) is 19.1 Å². The number of fused-ring (bicyclic) bond motifs is 2. The minimum atomic E-state index is -1.51. The van der Waals surface area contributed by atoms with E-state index in [0.717, 1.165) is 0 Å². The Balaban J connectivity index is 1.91. The number of nitrogens with one attached hydrogen (secondary N) is 2. The number of carbonyl (C=O) groups excluding carboxylic acids is 2. The molecule has 1 saturated heterocycles. The van der Waals surface area contributed by atoms with E-state index in [1.54, 1.807) is 13.0 Å². The Morgan fingerprint density at radius 3 is 2.46 bits per heavy atom. The van der Waals surface area contributed by atoms with Crippen LogP contribution in [0.5, 0.6) is 0 Å². The summed E-state index contributed by atoms with van der Waals surface area (Å²) in [5.41, 5.74) is -1.92. The summed E-state index contributed by atoms with van der Waals surface area (Å²) in [6.45, 7) is 9.63. The van der Waals surface area contributed by atoms with Crippen molar-refractivity contribution in [1.82, 2.24) is 5.32 Å². The van der Waals surface area contributed by atoms with E-state index >= 15 is 4.39 Å². The SMILES string of the molecule is CC[C@@](C)(O)CCCC(=O)[C@@H]1N[C@H](CC(C)(C)C)[C@]2(C(=O)Nc3cc(Cl)c(F)cc32)[C@H]1c1cccc(Cl)c1F. The van der Waals surface area contributed by atoms with Crippen LogP contribution in [-0.2, 0) is 15.0 Å². The van der Waals surface area contributed by atoms with Gasteiger partial charge in [-0.3, -0.25) is 9.59 Å². The van der Waals surface area contributed by atoms with E-state index in [1.165, 1.54) is 24.3 Å². The van der Waals surface area contributed by atoms with Gasteiger partial charge in [0.1, 0.15) is 22.8 Å². The molecule has 0 radical (unpaired) electrons. The fourth-order valence-corrected chi connectivity index (χ4v) is 6.54. The van der Waals surface area contributed by atoms with Gasteiger partial charge in [0.25, 0.3) is 0 Å². The zero-order chi connectivity index (χ0) is 28.9. The summed E-state index contributed by atoms with van der Waals surface area (Å²) >= 11 is 12.3. The highest BCUT2D eigenvalue weighted by molar-refractivity contribution is 6.31. The summed E-state index contributed by atoms with van der Waals surface area (Å²) in [6.07, 6.45) is 1.95. The lowest BCUT2D eigenvalue weighted by molar-refractivity contribution is -0.122. The minimum absolute atomic E-state index is 0.115. The van der Waals surface area contributed by atoms with E-state index < -0.39 is 46.6 Å². The summed E-state index contributed by atoms with van der Waals surface area (Å²) in [5.74, 6) is -3.09. The molecule has 2 aliphatic rings. The molecule has 1 amide bonds. The lowest BCUT2D eigenvalue weighted by Gasteiger charge is -2.37. The Morgan fingerprint density at radius 1 is 1.13 bits per heavy atom. The van der Waals surface area contributed by atoms with Gasteiger partial charge < -0.3 is 15.7 Å². The first-order chi connectivity index (χ1) is 18.1. The molecule has 0 aromatic heterocycles. The maximum Gasteiger partial charge on any atom is 0.237 e. The van der Waals surface area contributed by atoms with Crippen molar-refractivity contribution in [3.05, 3.63) is 63.1 Å². The Labute approximate surface area is 238 Å². The predicted molar refractivity (Wildman–Crippen MR) is 150 cm³/mol. The molecule has 39 heavy (non-hydrogen) atoms. The Morgan fingerprint density at radius 2 is 1.82 bits per heavy atom. The second-order valence-corrected chi connectivity index (χ2v) is 13.2. The van der Waals surface area contributed by atoms with Gasteiger partial charge in [0, 0.05) is 24.1 Å². The summed E-state index contributed by atoms with van der Waals surface area (Å²) in [4.78, 5) is 28.0. The van der Waals surface area contributed by atoms with Crippen LogP contribution < -0.4 is 10.6 Å². The van der Waals surface area contributed by atoms with Crippen molar-refractivity contribution in [2.24, 2.45) is 5.41 Å². The highest BCUT2D eigenvalue weighted by Gasteiger charge is 2.66. The summed E-state index contributed by atoms with van der Waals surface area (Å²) in [6, 6.07) is 5.54. The smallest absolute Gasteiger partial charge is 0.237 e. The van der Waals surface area contributed by atoms with Gasteiger partial charge in [-0.1, -0.05) is 63.0 Å². The fourth-order valence-electron chi connectivity index (χ4n) is 6.19. The van der Waals surface area contributed by atoms with E-state index in [2.05, 4.69) is 10.6 Å². The van der Waals surface area contributed by atoms with Crippen LogP contribution in [0, 0.1) is 17.0 Å². The molecule has 3 N–H and O–H groups in total. The summed E-state index contributed by atoms with van der Waals surface area (Å²) in [7, 11) is 0. The largest absolute Gasteiger partial charge is 0.390 e. The van der Waals surface area contributed by atoms with Crippen molar-refractivity contribution in [3.8, 4) is 0 Å². The van der Waals surface area contributed by atoms with Gasteiger partial charge >= 0.3 is 0 Å². The van der Waals surface area contributed by atoms with Crippen molar-refractivity contribution in [2.75, 3.05) is 5.32 Å². The quantitative estimate of drug-likeness (QED) is 0.316. The van der Waals surface area contributed by atoms with Gasteiger partial charge in [-0.2, -0.15) is 0 Å². The van der Waals surface area contributed by atoms with Crippen LogP contribution in [0.15, 0.2) is 30.3 Å². The Hall–Kier alpha value is -2.06. The van der Waals surface area contributed by atoms with Crippen LogP contribution in [0.1, 0.15) is 83.8 Å². The molecular weight excluding hydrogens is 545 g/mol. The standard InChI is InChI=1S/C30H36Cl2F2N2O3/c1-6-29(5,39)12-8-11-22(37)26-24(16-9-7-10-18(31)25(16)34)30(23(36-26)15-28(2,3)4)17-13-20(33)19(32)14-21(17)35-27(30)38/h7,9-10,13-14,23-24,26,36,39H,6,8,11-12,15H2,1-5H3,(H,35,38)/t23-,24+,26+,29-,30+/m1/s1. The maximum absolute atomic E-state index is 15.8. The number of hydrogen-bond acceptors (Lipinski definition) is 4. The molecule has 4 rings (SSSR count). The zero-order valence-electron chi connectivity index (χ0n) is 22.9. The number of aliphatic hydroxyl groups is 1. The molecule has 1 fully saturated rings. The normalized spacial score (nSPS) is 26.0. The number of rotatable bonds is 8. The lowest BCUT2D eigenvalue weighted by atomic mass is 9.62. The Kier molecular flexibility index (Phi) is 8.23. The van der Waals surface area contributed by atoms with Crippen LogP contribution in [-0.4, -0.2) is 34.5 Å². The number of carbonyl (C=O) groups is 2. The molecular formula is C30H36Cl2F2N2O3. The van der Waals surface area contributed by atoms with Crippen molar-refractivity contribution < 1.29 is 23.5 Å². The molecule has 2 heterocycles. The molecule has 9 heteroatoms. The van der Waals surface area contributed by atoms with Crippen LogP contribution in [0.3, 0.4) is 0 Å². The molecule has 2 aliphatic heterocycles. The number of amides is 1. The molecule has 1 spiro atoms. The van der Waals surface area contributed by atoms with Gasteiger partial charge in [0.15, 0.2) is 0 Å². The Bertz CT molecular complexity index is 1290. The third-order valence-electron chi connectivity index (χ3n) is 8.26. The average Bonchev–Trinajstić information content (AvgIpc) is 3.30. The number of hydrogen-bond donors (Lipinski definition) is 3. The third kappa shape index (κ3) is 5.48. The van der Waals surface area contributed by atoms with Crippen molar-refractivity contribution >= 4 is 40.6 Å². The van der Waals surface area contributed by atoms with Crippen molar-refractivity contribution in [2.45, 2.75) is 95.7 Å². The molecule has 2 aromatic rings. The minimum Gasteiger partial charge on any atom is -0.390 e. The first-order valence-corrected chi connectivity index (χ1v) is 14.1. The molecule has 5 nitrogen and oxygen atoms in total. The number of benzene rings is 2. The van der Waals surface area contributed by atoms with E-state index in [-0.39, 0.29) is 33.2 Å². The molecule has 5 atom stereocenters. The van der Waals surface area contributed by atoms with Crippen LogP contribution >= 0.6 is 23.2 Å². The second kappa shape index (κ2) is 10.7. The number of halogens is 4. The van der Waals surface area contributed by atoms with Crippen LogP contribution in [0.4, 0.5) is 14.5 Å². The van der Waals surface area contributed by atoms with Crippen LogP contribution in [0.2, 0.25) is 10.0 Å². The average molecular weight is 582 g/mol. The van der Waals surface area contributed by atoms with Gasteiger partial charge in [-0.25, -0.2) is 8.78 Å². The predicted octanol–water partition coefficient (Wildman–Crippen LogP) is 6.92. The van der Waals surface area contributed by atoms with Gasteiger partial charge in [0.05, 0.1) is 21.7 Å². The third-order valence-corrected chi connectivity index (χ3v) is 8.85. The van der Waals surface area contributed by atoms with Crippen molar-refractivity contribution in [1.29, 1.82) is 0 Å². The lowest BCUT2D eigenvalue weighted by Crippen LogP contribution is -2.49. The monoisotopic (exact) mass is 580 g/mol. The fraction of sp³-hybridized carbons (Fsp3) is 0.533. The van der Waals surface area contributed by atoms with E-state index in [4.69, 9.17) is 23.2 Å². The number of Topliss-reactive ketones (excluding diaryl/α,β-unsaturated/α-hetero) is 1. The molecule has 0 aliphatic carbocycles. The number of ketones is 1. The zero-order valence-corrected chi connectivity index (χ0v) is 24.4. The molecule has 212 valence electrons. The number of anilines is 1.